The molecule has 18 heavy (non-hydrogen) atoms. The summed E-state index contributed by atoms with van der Waals surface area (Å²) >= 11 is 0. The van der Waals surface area contributed by atoms with Crippen molar-refractivity contribution in [2.45, 2.75) is 39.2 Å². The van der Waals surface area contributed by atoms with Crippen LogP contribution in [-0.2, 0) is 14.8 Å². The number of nitrogens with two attached hydrogens (primary N) is 1. The topological polar surface area (TPSA) is 81.4 Å². The van der Waals surface area contributed by atoms with Crippen LogP contribution in [0.4, 0.5) is 0 Å². The fourth-order valence-corrected chi connectivity index (χ4v) is 3.40. The monoisotopic (exact) mass is 302 g/mol. The van der Waals surface area contributed by atoms with Crippen LogP contribution < -0.4 is 10.5 Å². The molecule has 5 nitrogen and oxygen atoms in total. The molecule has 0 spiro atoms. The third-order valence-electron chi connectivity index (χ3n) is 2.47. The molecular formula is C11H27ClN2O3S. The van der Waals surface area contributed by atoms with Gasteiger partial charge in [0.2, 0.25) is 10.0 Å². The van der Waals surface area contributed by atoms with Crippen molar-refractivity contribution in [2.75, 3.05) is 26.0 Å². The molecule has 0 aromatic rings. The van der Waals surface area contributed by atoms with E-state index < -0.39 is 15.6 Å². The summed E-state index contributed by atoms with van der Waals surface area (Å²) in [6, 6.07) is 0. The number of hydrogen-bond donors (Lipinski definition) is 2. The van der Waals surface area contributed by atoms with Gasteiger partial charge in [-0.15, -0.1) is 12.4 Å². The van der Waals surface area contributed by atoms with Crippen LogP contribution in [0, 0.1) is 5.92 Å². The molecule has 0 aliphatic rings. The second kappa shape index (κ2) is 9.09. The normalized spacial score (nSPS) is 15.2. The summed E-state index contributed by atoms with van der Waals surface area (Å²) in [5, 5.41) is 0. The van der Waals surface area contributed by atoms with Gasteiger partial charge < -0.3 is 10.5 Å². The summed E-state index contributed by atoms with van der Waals surface area (Å²) in [7, 11) is -1.72. The van der Waals surface area contributed by atoms with Crippen LogP contribution in [0.5, 0.6) is 0 Å². The van der Waals surface area contributed by atoms with Crippen molar-refractivity contribution in [2.24, 2.45) is 11.7 Å². The van der Waals surface area contributed by atoms with Crippen molar-refractivity contribution in [1.29, 1.82) is 0 Å². The third-order valence-corrected chi connectivity index (χ3v) is 4.10. The van der Waals surface area contributed by atoms with E-state index in [0.717, 1.165) is 6.42 Å². The predicted octanol–water partition coefficient (Wildman–Crippen LogP) is 1.13. The highest BCUT2D eigenvalue weighted by molar-refractivity contribution is 7.89. The van der Waals surface area contributed by atoms with Crippen LogP contribution in [-0.4, -0.2) is 40.0 Å². The lowest BCUT2D eigenvalue weighted by atomic mass is 9.92. The summed E-state index contributed by atoms with van der Waals surface area (Å²) in [4.78, 5) is 0. The Morgan fingerprint density at radius 1 is 1.39 bits per heavy atom. The van der Waals surface area contributed by atoms with Gasteiger partial charge in [-0.1, -0.05) is 13.8 Å². The smallest absolute Gasteiger partial charge is 0.212 e. The van der Waals surface area contributed by atoms with E-state index in [-0.39, 0.29) is 18.2 Å². The summed E-state index contributed by atoms with van der Waals surface area (Å²) < 4.78 is 31.2. The van der Waals surface area contributed by atoms with Gasteiger partial charge in [-0.2, -0.15) is 0 Å². The highest BCUT2D eigenvalue weighted by atomic mass is 35.5. The van der Waals surface area contributed by atoms with Gasteiger partial charge in [0.25, 0.3) is 0 Å². The van der Waals surface area contributed by atoms with Gasteiger partial charge in [0.1, 0.15) is 0 Å². The molecule has 0 radical (unpaired) electrons. The zero-order chi connectivity index (χ0) is 13.5. The molecule has 0 aromatic carbocycles. The minimum absolute atomic E-state index is 0. The van der Waals surface area contributed by atoms with E-state index in [2.05, 4.69) is 4.72 Å². The minimum Gasteiger partial charge on any atom is -0.385 e. The number of methoxy groups -OCH3 is 1. The average Bonchev–Trinajstić information content (AvgIpc) is 2.15. The first kappa shape index (κ1) is 20.4. The molecule has 0 aliphatic carbocycles. The lowest BCUT2D eigenvalue weighted by molar-refractivity contribution is 0.199. The molecule has 0 fully saturated rings. The second-order valence-electron chi connectivity index (χ2n) is 5.13. The highest BCUT2D eigenvalue weighted by Crippen LogP contribution is 2.16. The molecule has 7 heteroatoms. The Morgan fingerprint density at radius 2 is 1.94 bits per heavy atom. The van der Waals surface area contributed by atoms with E-state index in [9.17, 15) is 8.42 Å². The maximum atomic E-state index is 11.8. The maximum Gasteiger partial charge on any atom is 0.212 e. The first-order valence-corrected chi connectivity index (χ1v) is 7.60. The first-order chi connectivity index (χ1) is 7.74. The molecule has 1 atom stereocenters. The molecule has 1 unspecified atom stereocenters. The Hall–Kier alpha value is 0.120. The van der Waals surface area contributed by atoms with E-state index in [1.54, 1.807) is 7.11 Å². The van der Waals surface area contributed by atoms with Crippen molar-refractivity contribution in [3.8, 4) is 0 Å². The van der Waals surface area contributed by atoms with Gasteiger partial charge >= 0.3 is 0 Å². The van der Waals surface area contributed by atoms with Crippen molar-refractivity contribution in [3.63, 3.8) is 0 Å². The Morgan fingerprint density at radius 3 is 2.33 bits per heavy atom. The Bertz CT molecular complexity index is 309. The third kappa shape index (κ3) is 9.10. The molecule has 0 saturated heterocycles. The summed E-state index contributed by atoms with van der Waals surface area (Å²) in [6.07, 6.45) is 1.22. The van der Waals surface area contributed by atoms with Crippen molar-refractivity contribution >= 4 is 22.4 Å². The number of hydrogen-bond acceptors (Lipinski definition) is 4. The predicted molar refractivity (Wildman–Crippen MR) is 77.6 cm³/mol. The standard InChI is InChI=1S/C11H26N2O3S.ClH/c1-10(2)8-11(3,9-12)13-17(14,15)7-5-6-16-4;/h10,13H,5-9,12H2,1-4H3;1H. The van der Waals surface area contributed by atoms with Gasteiger partial charge in [0, 0.05) is 25.8 Å². The van der Waals surface area contributed by atoms with Crippen LogP contribution in [0.2, 0.25) is 0 Å². The molecule has 0 bridgehead atoms. The molecule has 0 amide bonds. The molecule has 0 aromatic heterocycles. The molecular weight excluding hydrogens is 276 g/mol. The molecule has 0 saturated carbocycles. The van der Waals surface area contributed by atoms with Gasteiger partial charge in [-0.25, -0.2) is 13.1 Å². The van der Waals surface area contributed by atoms with Gasteiger partial charge in [-0.05, 0) is 25.7 Å². The number of halogens is 1. The zero-order valence-corrected chi connectivity index (χ0v) is 13.4. The Balaban J connectivity index is 0. The lowest BCUT2D eigenvalue weighted by Gasteiger charge is -2.30. The number of sulfonamides is 1. The largest absolute Gasteiger partial charge is 0.385 e. The highest BCUT2D eigenvalue weighted by Gasteiger charge is 2.28. The molecule has 0 aliphatic heterocycles. The van der Waals surface area contributed by atoms with Crippen LogP contribution in [0.1, 0.15) is 33.6 Å². The quantitative estimate of drug-likeness (QED) is 0.626. The average molecular weight is 303 g/mol. The first-order valence-electron chi connectivity index (χ1n) is 5.95. The van der Waals surface area contributed by atoms with Crippen LogP contribution in [0.15, 0.2) is 0 Å². The molecule has 0 heterocycles. The Labute approximate surface area is 117 Å². The van der Waals surface area contributed by atoms with Crippen LogP contribution in [0.3, 0.4) is 0 Å². The van der Waals surface area contributed by atoms with E-state index in [4.69, 9.17) is 10.5 Å². The van der Waals surface area contributed by atoms with E-state index in [1.165, 1.54) is 0 Å². The number of ether oxygens (including phenoxy) is 1. The SMILES string of the molecule is COCCCS(=O)(=O)NC(C)(CN)CC(C)C.Cl. The second-order valence-corrected chi connectivity index (χ2v) is 6.97. The number of nitrogens with one attached hydrogen (secondary N) is 1. The fraction of sp³-hybridized carbons (Fsp3) is 1.00. The summed E-state index contributed by atoms with van der Waals surface area (Å²) in [5.74, 6) is 0.472. The van der Waals surface area contributed by atoms with Crippen molar-refractivity contribution < 1.29 is 13.2 Å². The van der Waals surface area contributed by atoms with Gasteiger partial charge in [0.05, 0.1) is 5.75 Å². The zero-order valence-electron chi connectivity index (χ0n) is 11.7. The Kier molecular flexibility index (Phi) is 10.3. The summed E-state index contributed by atoms with van der Waals surface area (Å²) in [6.45, 7) is 6.69. The number of rotatable bonds is 9. The van der Waals surface area contributed by atoms with Crippen molar-refractivity contribution in [3.05, 3.63) is 0 Å². The summed E-state index contributed by atoms with van der Waals surface area (Å²) in [5.41, 5.74) is 5.11. The van der Waals surface area contributed by atoms with Crippen LogP contribution >= 0.6 is 12.4 Å². The molecule has 0 rings (SSSR count). The van der Waals surface area contributed by atoms with Gasteiger partial charge in [0.15, 0.2) is 0 Å². The maximum absolute atomic E-state index is 11.8. The van der Waals surface area contributed by atoms with Crippen molar-refractivity contribution in [1.82, 2.24) is 4.72 Å². The van der Waals surface area contributed by atoms with E-state index in [1.807, 2.05) is 20.8 Å². The lowest BCUT2D eigenvalue weighted by Crippen LogP contribution is -2.52. The molecule has 112 valence electrons. The fourth-order valence-electron chi connectivity index (χ4n) is 1.89. The van der Waals surface area contributed by atoms with Crippen LogP contribution in [0.25, 0.3) is 0 Å². The minimum atomic E-state index is -3.28. The van der Waals surface area contributed by atoms with Gasteiger partial charge in [-0.3, -0.25) is 0 Å². The molecule has 3 N–H and O–H groups in total. The van der Waals surface area contributed by atoms with E-state index >= 15 is 0 Å². The van der Waals surface area contributed by atoms with E-state index in [0.29, 0.717) is 25.5 Å².